The highest BCUT2D eigenvalue weighted by atomic mass is 32.2. The van der Waals surface area contributed by atoms with Crippen LogP contribution in [0.25, 0.3) is 11.1 Å². The SMILES string of the molecule is O=S(=O)(c1ccccc1)c1ccc(Oc2ccc(S(=O)(=O)c3ccccc3)cc2)cc1.c1ccc(-c2ccccc2)cc1. The van der Waals surface area contributed by atoms with Gasteiger partial charge in [0.25, 0.3) is 0 Å². The van der Waals surface area contributed by atoms with Gasteiger partial charge in [0.15, 0.2) is 0 Å². The van der Waals surface area contributed by atoms with E-state index < -0.39 is 19.7 Å². The Hall–Kier alpha value is -4.98. The lowest BCUT2D eigenvalue weighted by molar-refractivity contribution is 0.481. The van der Waals surface area contributed by atoms with E-state index in [0.29, 0.717) is 11.5 Å². The molecule has 7 heteroatoms. The van der Waals surface area contributed by atoms with Gasteiger partial charge < -0.3 is 4.74 Å². The average molecular weight is 605 g/mol. The third-order valence-corrected chi connectivity index (χ3v) is 10.1. The second-order valence-corrected chi connectivity index (χ2v) is 13.3. The van der Waals surface area contributed by atoms with Crippen LogP contribution in [-0.4, -0.2) is 16.8 Å². The molecular weight excluding hydrogens is 577 g/mol. The molecule has 5 nitrogen and oxygen atoms in total. The minimum atomic E-state index is -3.60. The van der Waals surface area contributed by atoms with E-state index in [1.807, 2.05) is 12.1 Å². The molecule has 0 fully saturated rings. The second kappa shape index (κ2) is 13.3. The summed E-state index contributed by atoms with van der Waals surface area (Å²) in [5, 5.41) is 0. The molecule has 0 aliphatic heterocycles. The van der Waals surface area contributed by atoms with E-state index >= 15 is 0 Å². The summed E-state index contributed by atoms with van der Waals surface area (Å²) >= 11 is 0. The summed E-state index contributed by atoms with van der Waals surface area (Å²) < 4.78 is 56.4. The Kier molecular flexibility index (Phi) is 9.15. The van der Waals surface area contributed by atoms with E-state index in [9.17, 15) is 16.8 Å². The van der Waals surface area contributed by atoms with Gasteiger partial charge in [0.2, 0.25) is 19.7 Å². The molecule has 0 bridgehead atoms. The van der Waals surface area contributed by atoms with Crippen LogP contribution < -0.4 is 4.74 Å². The Morgan fingerprint density at radius 2 is 0.558 bits per heavy atom. The van der Waals surface area contributed by atoms with Crippen molar-refractivity contribution >= 4 is 19.7 Å². The van der Waals surface area contributed by atoms with Crippen molar-refractivity contribution in [3.05, 3.63) is 170 Å². The number of hydrogen-bond acceptors (Lipinski definition) is 5. The summed E-state index contributed by atoms with van der Waals surface area (Å²) in [7, 11) is -7.20. The summed E-state index contributed by atoms with van der Waals surface area (Å²) in [6.07, 6.45) is 0. The zero-order valence-electron chi connectivity index (χ0n) is 23.0. The fraction of sp³-hybridized carbons (Fsp3) is 0. The van der Waals surface area contributed by atoms with Crippen LogP contribution in [0, 0.1) is 0 Å². The van der Waals surface area contributed by atoms with Gasteiger partial charge in [0.05, 0.1) is 19.6 Å². The summed E-state index contributed by atoms with van der Waals surface area (Å²) in [5.74, 6) is 0.872. The Balaban J connectivity index is 0.000000255. The van der Waals surface area contributed by atoms with Crippen molar-refractivity contribution in [2.24, 2.45) is 0 Å². The van der Waals surface area contributed by atoms with Crippen LogP contribution in [0.1, 0.15) is 0 Å². The zero-order valence-corrected chi connectivity index (χ0v) is 24.7. The van der Waals surface area contributed by atoms with Crippen molar-refractivity contribution in [2.45, 2.75) is 19.6 Å². The molecule has 0 amide bonds. The minimum absolute atomic E-state index is 0.162. The van der Waals surface area contributed by atoms with Gasteiger partial charge in [-0.05, 0) is 83.9 Å². The van der Waals surface area contributed by atoms with Gasteiger partial charge in [-0.15, -0.1) is 0 Å². The van der Waals surface area contributed by atoms with Gasteiger partial charge in [-0.25, -0.2) is 16.8 Å². The summed E-state index contributed by atoms with van der Waals surface area (Å²) in [6, 6.07) is 49.3. The minimum Gasteiger partial charge on any atom is -0.457 e. The summed E-state index contributed by atoms with van der Waals surface area (Å²) in [6.45, 7) is 0. The molecule has 6 aromatic carbocycles. The van der Waals surface area contributed by atoms with Crippen LogP contribution in [0.4, 0.5) is 0 Å². The topological polar surface area (TPSA) is 77.5 Å². The maximum absolute atomic E-state index is 12.7. The number of rotatable bonds is 7. The fourth-order valence-electron chi connectivity index (χ4n) is 4.24. The highest BCUT2D eigenvalue weighted by Gasteiger charge is 2.18. The predicted molar refractivity (Wildman–Crippen MR) is 169 cm³/mol. The van der Waals surface area contributed by atoms with Crippen LogP contribution in [0.3, 0.4) is 0 Å². The number of ether oxygens (including phenoxy) is 1. The molecule has 0 radical (unpaired) electrons. The van der Waals surface area contributed by atoms with Crippen LogP contribution in [0.15, 0.2) is 189 Å². The first-order chi connectivity index (χ1) is 20.8. The first-order valence-corrected chi connectivity index (χ1v) is 16.4. The van der Waals surface area contributed by atoms with E-state index in [1.165, 1.54) is 35.4 Å². The molecule has 0 unspecified atom stereocenters. The monoisotopic (exact) mass is 604 g/mol. The lowest BCUT2D eigenvalue weighted by Gasteiger charge is -2.09. The lowest BCUT2D eigenvalue weighted by atomic mass is 10.1. The fourth-order valence-corrected chi connectivity index (χ4v) is 6.81. The lowest BCUT2D eigenvalue weighted by Crippen LogP contribution is -2.02. The molecule has 0 heterocycles. The van der Waals surface area contributed by atoms with Crippen LogP contribution in [0.5, 0.6) is 11.5 Å². The third-order valence-electron chi connectivity index (χ3n) is 6.49. The largest absolute Gasteiger partial charge is 0.457 e. The second-order valence-electron chi connectivity index (χ2n) is 9.41. The number of benzene rings is 6. The van der Waals surface area contributed by atoms with E-state index in [0.717, 1.165) is 0 Å². The highest BCUT2D eigenvalue weighted by Crippen LogP contribution is 2.28. The van der Waals surface area contributed by atoms with Gasteiger partial charge in [-0.3, -0.25) is 0 Å². The summed E-state index contributed by atoms with van der Waals surface area (Å²) in [4.78, 5) is 0.767. The van der Waals surface area contributed by atoms with Crippen molar-refractivity contribution in [1.82, 2.24) is 0 Å². The molecule has 0 spiro atoms. The highest BCUT2D eigenvalue weighted by molar-refractivity contribution is 7.91. The quantitative estimate of drug-likeness (QED) is 0.183. The molecule has 0 atom stereocenters. The Morgan fingerprint density at radius 1 is 0.302 bits per heavy atom. The molecule has 0 aliphatic rings. The molecule has 0 N–H and O–H groups in total. The van der Waals surface area contributed by atoms with Gasteiger partial charge in [-0.1, -0.05) is 97.1 Å². The standard InChI is InChI=1S/C24H18O5S2.C12H10/c25-30(26,21-7-3-1-4-8-21)23-15-11-19(12-16-23)29-20-13-17-24(18-14-20)31(27,28)22-9-5-2-6-10-22;1-3-7-11(8-4-1)12-9-5-2-6-10-12/h1-18H;1-10H. The third kappa shape index (κ3) is 7.27. The van der Waals surface area contributed by atoms with E-state index in [1.54, 1.807) is 84.9 Å². The normalized spacial score (nSPS) is 11.2. The van der Waals surface area contributed by atoms with Crippen LogP contribution in [0.2, 0.25) is 0 Å². The molecule has 0 aromatic heterocycles. The van der Waals surface area contributed by atoms with Gasteiger partial charge in [0, 0.05) is 0 Å². The first kappa shape index (κ1) is 29.5. The van der Waals surface area contributed by atoms with Crippen molar-refractivity contribution in [3.8, 4) is 22.6 Å². The first-order valence-electron chi connectivity index (χ1n) is 13.4. The van der Waals surface area contributed by atoms with Crippen molar-refractivity contribution in [3.63, 3.8) is 0 Å². The van der Waals surface area contributed by atoms with Crippen LogP contribution >= 0.6 is 0 Å². The summed E-state index contributed by atoms with van der Waals surface area (Å²) in [5.41, 5.74) is 2.55. The van der Waals surface area contributed by atoms with E-state index in [2.05, 4.69) is 48.5 Å². The number of hydrogen-bond donors (Lipinski definition) is 0. The Labute approximate surface area is 252 Å². The molecule has 43 heavy (non-hydrogen) atoms. The average Bonchev–Trinajstić information content (AvgIpc) is 3.07. The molecule has 6 rings (SSSR count). The maximum atomic E-state index is 12.7. The zero-order chi connectivity index (χ0) is 30.1. The Morgan fingerprint density at radius 3 is 0.860 bits per heavy atom. The Bertz CT molecular complexity index is 1810. The maximum Gasteiger partial charge on any atom is 0.206 e. The van der Waals surface area contributed by atoms with Gasteiger partial charge in [-0.2, -0.15) is 0 Å². The van der Waals surface area contributed by atoms with Gasteiger partial charge >= 0.3 is 0 Å². The van der Waals surface area contributed by atoms with Crippen molar-refractivity contribution in [1.29, 1.82) is 0 Å². The predicted octanol–water partition coefficient (Wildman–Crippen LogP) is 8.50. The smallest absolute Gasteiger partial charge is 0.206 e. The molecule has 0 saturated carbocycles. The van der Waals surface area contributed by atoms with Gasteiger partial charge in [0.1, 0.15) is 11.5 Å². The molecule has 0 aliphatic carbocycles. The molecule has 0 saturated heterocycles. The van der Waals surface area contributed by atoms with Crippen molar-refractivity contribution in [2.75, 3.05) is 0 Å². The molecular formula is C36H28O5S2. The number of sulfone groups is 2. The van der Waals surface area contributed by atoms with E-state index in [4.69, 9.17) is 4.74 Å². The van der Waals surface area contributed by atoms with Crippen LogP contribution in [-0.2, 0) is 19.7 Å². The molecule has 214 valence electrons. The molecule has 6 aromatic rings. The van der Waals surface area contributed by atoms with Crippen molar-refractivity contribution < 1.29 is 21.6 Å². The van der Waals surface area contributed by atoms with E-state index in [-0.39, 0.29) is 19.6 Å².